The van der Waals surface area contributed by atoms with Gasteiger partial charge in [0.05, 0.1) is 11.9 Å². The van der Waals surface area contributed by atoms with E-state index in [9.17, 15) is 0 Å². The summed E-state index contributed by atoms with van der Waals surface area (Å²) in [5.74, 6) is 1.99. The Balaban J connectivity index is 2.08. The van der Waals surface area contributed by atoms with Gasteiger partial charge in [0.25, 0.3) is 0 Å². The molecule has 3 atom stereocenters. The Morgan fingerprint density at radius 2 is 2.18 bits per heavy atom. The standard InChI is InChI=1S/C12H19ClN4/c1-11(2)8-4-5-12(3,6-8)10(11)17-9(7-13)14-15-16-17/h8,10H,4-7H2,1-3H3. The van der Waals surface area contributed by atoms with E-state index in [-0.39, 0.29) is 5.41 Å². The lowest BCUT2D eigenvalue weighted by atomic mass is 9.68. The van der Waals surface area contributed by atoms with E-state index in [0.717, 1.165) is 11.7 Å². The second-order valence-corrected chi connectivity index (χ2v) is 6.76. The van der Waals surface area contributed by atoms with Gasteiger partial charge in [-0.1, -0.05) is 20.8 Å². The van der Waals surface area contributed by atoms with E-state index in [1.807, 2.05) is 4.68 Å². The zero-order valence-electron chi connectivity index (χ0n) is 10.6. The first-order chi connectivity index (χ1) is 7.99. The number of hydrogen-bond acceptors (Lipinski definition) is 3. The summed E-state index contributed by atoms with van der Waals surface area (Å²) in [5, 5.41) is 12.0. The SMILES string of the molecule is CC12CCC(C1)C(C)(C)C2n1nnnc1CCl. The van der Waals surface area contributed by atoms with Crippen LogP contribution in [0.1, 0.15) is 51.9 Å². The van der Waals surface area contributed by atoms with Gasteiger partial charge in [0, 0.05) is 0 Å². The summed E-state index contributed by atoms with van der Waals surface area (Å²) < 4.78 is 1.99. The van der Waals surface area contributed by atoms with Crippen LogP contribution in [0.25, 0.3) is 0 Å². The highest BCUT2D eigenvalue weighted by Crippen LogP contribution is 2.67. The lowest BCUT2D eigenvalue weighted by molar-refractivity contribution is 0.0700. The van der Waals surface area contributed by atoms with Crippen LogP contribution in [0.3, 0.4) is 0 Å². The van der Waals surface area contributed by atoms with Crippen LogP contribution in [0.15, 0.2) is 0 Å². The number of aromatic nitrogens is 4. The van der Waals surface area contributed by atoms with Gasteiger partial charge in [-0.3, -0.25) is 0 Å². The molecule has 2 fully saturated rings. The first kappa shape index (κ1) is 11.5. The van der Waals surface area contributed by atoms with Gasteiger partial charge in [-0.15, -0.1) is 16.7 Å². The van der Waals surface area contributed by atoms with Gasteiger partial charge in [0.1, 0.15) is 0 Å². The van der Waals surface area contributed by atoms with Crippen molar-refractivity contribution in [1.82, 2.24) is 20.2 Å². The van der Waals surface area contributed by atoms with Crippen molar-refractivity contribution in [2.45, 2.75) is 52.0 Å². The van der Waals surface area contributed by atoms with Gasteiger partial charge < -0.3 is 0 Å². The summed E-state index contributed by atoms with van der Waals surface area (Å²) in [6.45, 7) is 7.09. The number of tetrazole rings is 1. The maximum absolute atomic E-state index is 5.93. The minimum atomic E-state index is 0.267. The van der Waals surface area contributed by atoms with Crippen molar-refractivity contribution >= 4 is 11.6 Å². The molecule has 2 aliphatic carbocycles. The smallest absolute Gasteiger partial charge is 0.166 e. The van der Waals surface area contributed by atoms with Crippen molar-refractivity contribution in [3.63, 3.8) is 0 Å². The molecule has 1 heterocycles. The first-order valence-electron chi connectivity index (χ1n) is 6.32. The Hall–Kier alpha value is -0.640. The number of nitrogens with zero attached hydrogens (tertiary/aromatic N) is 4. The molecule has 4 nitrogen and oxygen atoms in total. The average Bonchev–Trinajstić information content (AvgIpc) is 2.88. The summed E-state index contributed by atoms with van der Waals surface area (Å²) in [6.07, 6.45) is 3.93. The predicted molar refractivity (Wildman–Crippen MR) is 65.6 cm³/mol. The molecule has 0 aromatic carbocycles. The fourth-order valence-corrected chi connectivity index (χ4v) is 4.56. The van der Waals surface area contributed by atoms with Crippen molar-refractivity contribution in [3.8, 4) is 0 Å². The number of fused-ring (bicyclic) bond motifs is 2. The second kappa shape index (κ2) is 3.44. The monoisotopic (exact) mass is 254 g/mol. The van der Waals surface area contributed by atoms with Crippen LogP contribution in [0.5, 0.6) is 0 Å². The molecule has 2 bridgehead atoms. The quantitative estimate of drug-likeness (QED) is 0.763. The molecular weight excluding hydrogens is 236 g/mol. The molecule has 0 radical (unpaired) electrons. The Kier molecular flexibility index (Phi) is 2.31. The van der Waals surface area contributed by atoms with Crippen LogP contribution < -0.4 is 0 Å². The third-order valence-electron chi connectivity index (χ3n) is 5.12. The van der Waals surface area contributed by atoms with Gasteiger partial charge in [-0.05, 0) is 46.4 Å². The molecule has 1 aromatic heterocycles. The normalized spacial score (nSPS) is 38.8. The molecule has 94 valence electrons. The van der Waals surface area contributed by atoms with E-state index >= 15 is 0 Å². The minimum Gasteiger partial charge on any atom is -0.224 e. The summed E-state index contributed by atoms with van der Waals surface area (Å²) in [4.78, 5) is 0. The molecule has 0 N–H and O–H groups in total. The van der Waals surface area contributed by atoms with Crippen LogP contribution in [0, 0.1) is 16.7 Å². The maximum atomic E-state index is 5.93. The largest absolute Gasteiger partial charge is 0.224 e. The molecule has 2 aliphatic rings. The Labute approximate surface area is 107 Å². The fraction of sp³-hybridized carbons (Fsp3) is 0.917. The van der Waals surface area contributed by atoms with Crippen LogP contribution in [0.4, 0.5) is 0 Å². The maximum Gasteiger partial charge on any atom is 0.166 e. The van der Waals surface area contributed by atoms with Crippen LogP contribution >= 0.6 is 11.6 Å². The van der Waals surface area contributed by atoms with Crippen molar-refractivity contribution in [2.75, 3.05) is 0 Å². The Morgan fingerprint density at radius 1 is 1.41 bits per heavy atom. The third-order valence-corrected chi connectivity index (χ3v) is 5.36. The van der Waals surface area contributed by atoms with Crippen molar-refractivity contribution < 1.29 is 0 Å². The van der Waals surface area contributed by atoms with Crippen LogP contribution in [-0.4, -0.2) is 20.2 Å². The second-order valence-electron chi connectivity index (χ2n) is 6.49. The molecule has 3 unspecified atom stereocenters. The summed E-state index contributed by atoms with van der Waals surface area (Å²) in [7, 11) is 0. The molecule has 0 spiro atoms. The molecule has 0 amide bonds. The first-order valence-corrected chi connectivity index (χ1v) is 6.85. The number of alkyl halides is 1. The number of halogens is 1. The van der Waals surface area contributed by atoms with Crippen LogP contribution in [-0.2, 0) is 5.88 Å². The number of rotatable bonds is 2. The van der Waals surface area contributed by atoms with E-state index in [2.05, 4.69) is 36.3 Å². The predicted octanol–water partition coefficient (Wildman–Crippen LogP) is 2.80. The summed E-state index contributed by atoms with van der Waals surface area (Å²) >= 11 is 5.93. The highest BCUT2D eigenvalue weighted by atomic mass is 35.5. The van der Waals surface area contributed by atoms with Crippen LogP contribution in [0.2, 0.25) is 0 Å². The average molecular weight is 255 g/mol. The zero-order chi connectivity index (χ0) is 12.3. The molecular formula is C12H19ClN4. The van der Waals surface area contributed by atoms with Gasteiger partial charge in [-0.25, -0.2) is 4.68 Å². The van der Waals surface area contributed by atoms with E-state index in [0.29, 0.717) is 17.3 Å². The summed E-state index contributed by atoms with van der Waals surface area (Å²) in [6, 6.07) is 0.387. The van der Waals surface area contributed by atoms with E-state index < -0.39 is 0 Å². The fourth-order valence-electron chi connectivity index (χ4n) is 4.39. The summed E-state index contributed by atoms with van der Waals surface area (Å²) in [5.41, 5.74) is 0.605. The third kappa shape index (κ3) is 1.39. The van der Waals surface area contributed by atoms with Gasteiger partial charge in [0.2, 0.25) is 0 Å². The van der Waals surface area contributed by atoms with Crippen molar-refractivity contribution in [1.29, 1.82) is 0 Å². The lowest BCUT2D eigenvalue weighted by Crippen LogP contribution is -2.38. The van der Waals surface area contributed by atoms with Crippen molar-refractivity contribution in [2.24, 2.45) is 16.7 Å². The minimum absolute atomic E-state index is 0.267. The number of hydrogen-bond donors (Lipinski definition) is 0. The van der Waals surface area contributed by atoms with E-state index in [1.54, 1.807) is 0 Å². The van der Waals surface area contributed by atoms with Gasteiger partial charge in [0.15, 0.2) is 5.82 Å². The Morgan fingerprint density at radius 3 is 2.76 bits per heavy atom. The molecule has 17 heavy (non-hydrogen) atoms. The van der Waals surface area contributed by atoms with Gasteiger partial charge in [-0.2, -0.15) is 0 Å². The Bertz CT molecular complexity index is 437. The van der Waals surface area contributed by atoms with E-state index in [4.69, 9.17) is 11.6 Å². The highest BCUT2D eigenvalue weighted by molar-refractivity contribution is 6.16. The highest BCUT2D eigenvalue weighted by Gasteiger charge is 2.61. The van der Waals surface area contributed by atoms with Gasteiger partial charge >= 0.3 is 0 Å². The molecule has 3 rings (SSSR count). The molecule has 0 saturated heterocycles. The van der Waals surface area contributed by atoms with Crippen molar-refractivity contribution in [3.05, 3.63) is 5.82 Å². The molecule has 2 saturated carbocycles. The lowest BCUT2D eigenvalue weighted by Gasteiger charge is -2.42. The topological polar surface area (TPSA) is 43.6 Å². The molecule has 1 aromatic rings. The molecule has 5 heteroatoms. The zero-order valence-corrected chi connectivity index (χ0v) is 11.4. The molecule has 0 aliphatic heterocycles. The van der Waals surface area contributed by atoms with E-state index in [1.165, 1.54) is 19.3 Å².